The second kappa shape index (κ2) is 5.05. The van der Waals surface area contributed by atoms with Crippen molar-refractivity contribution in [3.05, 3.63) is 54.1 Å². The van der Waals surface area contributed by atoms with Crippen LogP contribution < -0.4 is 0 Å². The number of rotatable bonds is 3. The Bertz CT molecular complexity index is 486. The maximum atomic E-state index is 12.3. The molecule has 2 aromatic carbocycles. The zero-order chi connectivity index (χ0) is 12.3. The molecular weight excluding hydrogens is 208 g/mol. The summed E-state index contributed by atoms with van der Waals surface area (Å²) < 4.78 is 0. The quantitative estimate of drug-likeness (QED) is 0.721. The largest absolute Gasteiger partial charge is 0.289 e. The Kier molecular flexibility index (Phi) is 3.48. The van der Waals surface area contributed by atoms with Crippen molar-refractivity contribution in [3.8, 4) is 16.9 Å². The van der Waals surface area contributed by atoms with E-state index in [2.05, 4.69) is 13.8 Å². The Morgan fingerprint density at radius 3 is 2.29 bits per heavy atom. The molecule has 17 heavy (non-hydrogen) atoms. The molecule has 1 radical (unpaired) electrons. The van der Waals surface area contributed by atoms with Crippen LogP contribution in [0.4, 0.5) is 0 Å². The Balaban J connectivity index is 2.43. The lowest BCUT2D eigenvalue weighted by atomic mass is 9.96. The maximum Gasteiger partial charge on any atom is 0.189 e. The van der Waals surface area contributed by atoms with Crippen LogP contribution in [0.3, 0.4) is 0 Å². The van der Waals surface area contributed by atoms with Crippen LogP contribution in [0.25, 0.3) is 11.1 Å². The highest BCUT2D eigenvalue weighted by Crippen LogP contribution is 2.33. The van der Waals surface area contributed by atoms with Gasteiger partial charge in [0.05, 0.1) is 0 Å². The fourth-order valence-corrected chi connectivity index (χ4v) is 2.03. The lowest BCUT2D eigenvalue weighted by Crippen LogP contribution is -1.94. The van der Waals surface area contributed by atoms with Crippen molar-refractivity contribution in [1.82, 2.24) is 0 Å². The summed E-state index contributed by atoms with van der Waals surface area (Å²) in [4.78, 5) is 0. The second-order valence-electron chi connectivity index (χ2n) is 4.76. The molecule has 0 saturated heterocycles. The molecule has 2 aromatic rings. The van der Waals surface area contributed by atoms with Gasteiger partial charge in [-0.05, 0) is 17.9 Å². The van der Waals surface area contributed by atoms with Gasteiger partial charge in [-0.25, -0.2) is 0 Å². The maximum absolute atomic E-state index is 12.3. The molecule has 0 atom stereocenters. The van der Waals surface area contributed by atoms with E-state index in [4.69, 9.17) is 0 Å². The van der Waals surface area contributed by atoms with Crippen LogP contribution >= 0.6 is 0 Å². The van der Waals surface area contributed by atoms with Gasteiger partial charge in [0.25, 0.3) is 0 Å². The Labute approximate surface area is 103 Å². The minimum atomic E-state index is 0.174. The fraction of sp³-hybridized carbons (Fsp3) is 0.250. The fourth-order valence-electron chi connectivity index (χ4n) is 2.03. The van der Waals surface area contributed by atoms with E-state index in [1.165, 1.54) is 0 Å². The van der Waals surface area contributed by atoms with Crippen LogP contribution in [0.2, 0.25) is 0 Å². The SMILES string of the molecule is CC(C)Cc1cccc(-c2ccccc2)c1[O]. The predicted octanol–water partition coefficient (Wildman–Crippen LogP) is 4.70. The minimum Gasteiger partial charge on any atom is -0.289 e. The Hall–Kier alpha value is -1.76. The number of benzene rings is 2. The van der Waals surface area contributed by atoms with Gasteiger partial charge in [0.1, 0.15) is 0 Å². The smallest absolute Gasteiger partial charge is 0.189 e. The van der Waals surface area contributed by atoms with Crippen LogP contribution in [-0.2, 0) is 11.5 Å². The number of para-hydroxylation sites is 1. The highest BCUT2D eigenvalue weighted by atomic mass is 16.3. The zero-order valence-corrected chi connectivity index (χ0v) is 10.3. The van der Waals surface area contributed by atoms with Gasteiger partial charge in [-0.1, -0.05) is 62.4 Å². The minimum absolute atomic E-state index is 0.174. The molecular formula is C16H17O. The molecule has 0 saturated carbocycles. The lowest BCUT2D eigenvalue weighted by Gasteiger charge is -2.09. The molecule has 87 valence electrons. The number of hydrogen-bond donors (Lipinski definition) is 0. The lowest BCUT2D eigenvalue weighted by molar-refractivity contribution is 0.349. The zero-order valence-electron chi connectivity index (χ0n) is 10.3. The van der Waals surface area contributed by atoms with Crippen LogP contribution in [0.15, 0.2) is 48.5 Å². The van der Waals surface area contributed by atoms with Crippen molar-refractivity contribution in [2.24, 2.45) is 5.92 Å². The van der Waals surface area contributed by atoms with Gasteiger partial charge in [0.2, 0.25) is 0 Å². The highest BCUT2D eigenvalue weighted by Gasteiger charge is 2.11. The van der Waals surface area contributed by atoms with Gasteiger partial charge < -0.3 is 0 Å². The van der Waals surface area contributed by atoms with E-state index >= 15 is 0 Å². The van der Waals surface area contributed by atoms with E-state index in [1.807, 2.05) is 48.5 Å². The van der Waals surface area contributed by atoms with Crippen molar-refractivity contribution in [2.45, 2.75) is 20.3 Å². The van der Waals surface area contributed by atoms with Crippen LogP contribution in [0.1, 0.15) is 19.4 Å². The molecule has 0 aliphatic rings. The average Bonchev–Trinajstić information content (AvgIpc) is 2.32. The molecule has 0 N–H and O–H groups in total. The third kappa shape index (κ3) is 2.68. The first kappa shape index (κ1) is 11.7. The summed E-state index contributed by atoms with van der Waals surface area (Å²) in [6.45, 7) is 4.27. The normalized spacial score (nSPS) is 10.8. The van der Waals surface area contributed by atoms with Crippen LogP contribution in [0.5, 0.6) is 5.75 Å². The molecule has 0 aliphatic carbocycles. The van der Waals surface area contributed by atoms with E-state index < -0.39 is 0 Å². The van der Waals surface area contributed by atoms with Gasteiger partial charge in [0, 0.05) is 11.1 Å². The van der Waals surface area contributed by atoms with E-state index in [9.17, 15) is 5.11 Å². The molecule has 0 heterocycles. The standard InChI is InChI=1S/C16H17O/c1-12(2)11-14-9-6-10-15(16(14)17)13-7-4-3-5-8-13/h3-10,12H,11H2,1-2H3. The van der Waals surface area contributed by atoms with E-state index in [1.54, 1.807) is 0 Å². The molecule has 0 aromatic heterocycles. The summed E-state index contributed by atoms with van der Waals surface area (Å²) in [7, 11) is 0. The second-order valence-corrected chi connectivity index (χ2v) is 4.76. The third-order valence-corrected chi connectivity index (χ3v) is 2.81. The van der Waals surface area contributed by atoms with Crippen molar-refractivity contribution >= 4 is 0 Å². The summed E-state index contributed by atoms with van der Waals surface area (Å²) in [5, 5.41) is 12.3. The molecule has 0 spiro atoms. The molecule has 1 nitrogen and oxygen atoms in total. The molecule has 0 aliphatic heterocycles. The summed E-state index contributed by atoms with van der Waals surface area (Å²) in [6, 6.07) is 15.7. The first-order chi connectivity index (χ1) is 8.18. The van der Waals surface area contributed by atoms with E-state index in [0.29, 0.717) is 5.92 Å². The van der Waals surface area contributed by atoms with Gasteiger partial charge in [-0.15, -0.1) is 0 Å². The van der Waals surface area contributed by atoms with Gasteiger partial charge in [-0.2, -0.15) is 0 Å². The van der Waals surface area contributed by atoms with Crippen molar-refractivity contribution in [1.29, 1.82) is 0 Å². The molecule has 2 rings (SSSR count). The molecule has 0 fully saturated rings. The van der Waals surface area contributed by atoms with Crippen molar-refractivity contribution < 1.29 is 5.11 Å². The van der Waals surface area contributed by atoms with E-state index in [-0.39, 0.29) is 5.75 Å². The summed E-state index contributed by atoms with van der Waals surface area (Å²) >= 11 is 0. The summed E-state index contributed by atoms with van der Waals surface area (Å²) in [5.41, 5.74) is 2.73. The Morgan fingerprint density at radius 2 is 1.65 bits per heavy atom. The Morgan fingerprint density at radius 1 is 0.941 bits per heavy atom. The average molecular weight is 225 g/mol. The molecule has 1 heteroatoms. The summed E-state index contributed by atoms with van der Waals surface area (Å²) in [5.74, 6) is 0.682. The van der Waals surface area contributed by atoms with Crippen molar-refractivity contribution in [2.75, 3.05) is 0 Å². The first-order valence-electron chi connectivity index (χ1n) is 6.03. The third-order valence-electron chi connectivity index (χ3n) is 2.81. The molecule has 0 bridgehead atoms. The first-order valence-corrected chi connectivity index (χ1v) is 6.03. The van der Waals surface area contributed by atoms with Crippen molar-refractivity contribution in [3.63, 3.8) is 0 Å². The van der Waals surface area contributed by atoms with Crippen LogP contribution in [0, 0.1) is 5.92 Å². The topological polar surface area (TPSA) is 19.9 Å². The summed E-state index contributed by atoms with van der Waals surface area (Å²) in [6.07, 6.45) is 0.847. The predicted molar refractivity (Wildman–Crippen MR) is 70.6 cm³/mol. The molecule has 0 unspecified atom stereocenters. The van der Waals surface area contributed by atoms with Gasteiger partial charge >= 0.3 is 0 Å². The monoisotopic (exact) mass is 225 g/mol. The molecule has 0 amide bonds. The highest BCUT2D eigenvalue weighted by molar-refractivity contribution is 5.71. The van der Waals surface area contributed by atoms with Gasteiger partial charge in [-0.3, -0.25) is 5.11 Å². The van der Waals surface area contributed by atoms with Gasteiger partial charge in [0.15, 0.2) is 5.75 Å². The van der Waals surface area contributed by atoms with Crippen LogP contribution in [-0.4, -0.2) is 0 Å². The van der Waals surface area contributed by atoms with E-state index in [0.717, 1.165) is 23.1 Å². The number of hydrogen-bond acceptors (Lipinski definition) is 0.